The lowest BCUT2D eigenvalue weighted by molar-refractivity contribution is -0.689. The Bertz CT molecular complexity index is 1530. The number of pyridine rings is 1. The number of hydrogen-bond donors (Lipinski definition) is 4. The molecular weight excluding hydrogens is 562 g/mol. The molecule has 6 N–H and O–H groups in total. The highest BCUT2D eigenvalue weighted by Gasteiger charge is 2.53. The van der Waals surface area contributed by atoms with Gasteiger partial charge < -0.3 is 36.5 Å². The number of thioether (sulfide) groups is 1. The number of rotatable bonds is 10. The number of nitrogen functional groups attached to an aromatic ring is 1. The van der Waals surface area contributed by atoms with E-state index in [-0.39, 0.29) is 41.1 Å². The highest BCUT2D eigenvalue weighted by Crippen LogP contribution is 2.40. The minimum Gasteiger partial charge on any atom is -0.543 e. The van der Waals surface area contributed by atoms with Gasteiger partial charge in [0.25, 0.3) is 11.8 Å². The van der Waals surface area contributed by atoms with Gasteiger partial charge in [0.1, 0.15) is 17.1 Å². The van der Waals surface area contributed by atoms with Gasteiger partial charge in [-0.1, -0.05) is 5.16 Å². The number of carboxylic acids is 1. The van der Waals surface area contributed by atoms with Crippen molar-refractivity contribution in [1.82, 2.24) is 25.2 Å². The zero-order chi connectivity index (χ0) is 28.4. The summed E-state index contributed by atoms with van der Waals surface area (Å²) in [7, 11) is 0. The van der Waals surface area contributed by atoms with Crippen molar-refractivity contribution in [2.45, 2.75) is 24.6 Å². The lowest BCUT2D eigenvalue weighted by Gasteiger charge is -2.50. The maximum absolute atomic E-state index is 13.2. The number of carboxylic acid groups (broad SMARTS) is 1. The number of nitrogens with one attached hydrogen (secondary N) is 2. The van der Waals surface area contributed by atoms with Crippen LogP contribution in [0.15, 0.2) is 58.9 Å². The summed E-state index contributed by atoms with van der Waals surface area (Å²) >= 11 is 2.38. The van der Waals surface area contributed by atoms with E-state index in [1.807, 2.05) is 0 Å². The second-order valence-electron chi connectivity index (χ2n) is 8.57. The highest BCUT2D eigenvalue weighted by molar-refractivity contribution is 8.00. The van der Waals surface area contributed by atoms with Crippen molar-refractivity contribution >= 4 is 57.6 Å². The summed E-state index contributed by atoms with van der Waals surface area (Å²) in [5.74, 6) is -3.22. The third-order valence-corrected chi connectivity index (χ3v) is 7.99. The fraction of sp³-hybridized carbons (Fsp3) is 0.217. The predicted molar refractivity (Wildman–Crippen MR) is 139 cm³/mol. The molecule has 0 saturated carbocycles. The largest absolute Gasteiger partial charge is 0.543 e. The zero-order valence-electron chi connectivity index (χ0n) is 20.5. The second kappa shape index (κ2) is 11.1. The van der Waals surface area contributed by atoms with Crippen molar-refractivity contribution in [1.29, 1.82) is 0 Å². The number of fused-ring (bicyclic) bond motifs is 1. The number of β-lactam (4-membered cyclic amide) rings is 1. The molecule has 1 fully saturated rings. The quantitative estimate of drug-likeness (QED) is 0.0876. The monoisotopic (exact) mass is 583 g/mol. The number of aliphatic carboxylic acids is 1. The van der Waals surface area contributed by atoms with E-state index < -0.39 is 35.1 Å². The summed E-state index contributed by atoms with van der Waals surface area (Å²) in [5, 5.41) is 19.6. The summed E-state index contributed by atoms with van der Waals surface area (Å²) in [6, 6.07) is 1.99. The fourth-order valence-electron chi connectivity index (χ4n) is 4.08. The molecule has 0 aliphatic carbocycles. The van der Waals surface area contributed by atoms with Gasteiger partial charge in [-0.25, -0.2) is 14.5 Å². The van der Waals surface area contributed by atoms with E-state index in [9.17, 15) is 24.3 Å². The van der Waals surface area contributed by atoms with Crippen molar-refractivity contribution < 1.29 is 33.7 Å². The SMILES string of the molecule is NC(=O)c1cc[n+](CC2=C(C(=O)[O-])N3C(=O)[C@@H](NC(=O)C(=NOCc4c[nH]cn4)c4csc(N)n4)[C@@H]3SC2)cc1. The maximum Gasteiger partial charge on any atom is 0.276 e. The van der Waals surface area contributed by atoms with Gasteiger partial charge in [0.05, 0.1) is 29.3 Å². The van der Waals surface area contributed by atoms with E-state index in [2.05, 4.69) is 25.4 Å². The van der Waals surface area contributed by atoms with Gasteiger partial charge in [0, 0.05) is 35.0 Å². The Labute approximate surface area is 233 Å². The van der Waals surface area contributed by atoms with Crippen LogP contribution in [-0.2, 0) is 32.4 Å². The third-order valence-electron chi connectivity index (χ3n) is 5.98. The molecule has 3 aromatic heterocycles. The topological polar surface area (TPSA) is 226 Å². The molecule has 5 heterocycles. The Morgan fingerprint density at radius 3 is 2.73 bits per heavy atom. The highest BCUT2D eigenvalue weighted by atomic mass is 32.2. The van der Waals surface area contributed by atoms with Crippen molar-refractivity contribution in [3.63, 3.8) is 0 Å². The molecule has 2 atom stereocenters. The van der Waals surface area contributed by atoms with Crippen LogP contribution in [0.5, 0.6) is 0 Å². The van der Waals surface area contributed by atoms with Crippen molar-refractivity contribution in [3.05, 3.63) is 70.7 Å². The lowest BCUT2D eigenvalue weighted by atomic mass is 10.0. The first-order valence-corrected chi connectivity index (χ1v) is 13.5. The van der Waals surface area contributed by atoms with Gasteiger partial charge in [0.2, 0.25) is 5.91 Å². The van der Waals surface area contributed by atoms with Gasteiger partial charge in [-0.3, -0.25) is 19.3 Å². The average Bonchev–Trinajstić information content (AvgIpc) is 3.61. The first-order chi connectivity index (χ1) is 19.2. The number of carbonyl (C=O) groups is 4. The smallest absolute Gasteiger partial charge is 0.276 e. The van der Waals surface area contributed by atoms with Crippen molar-refractivity contribution in [3.8, 4) is 0 Å². The number of primary amides is 1. The number of anilines is 1. The average molecular weight is 584 g/mol. The number of aromatic nitrogens is 4. The number of carbonyl (C=O) groups excluding carboxylic acids is 4. The van der Waals surface area contributed by atoms with E-state index in [4.69, 9.17) is 16.3 Å². The zero-order valence-corrected chi connectivity index (χ0v) is 22.1. The van der Waals surface area contributed by atoms with Crippen LogP contribution in [0.25, 0.3) is 0 Å². The molecule has 0 aromatic carbocycles. The number of imidazole rings is 1. The first kappa shape index (κ1) is 26.8. The molecule has 3 amide bonds. The van der Waals surface area contributed by atoms with Gasteiger partial charge in [0.15, 0.2) is 36.4 Å². The molecule has 5 rings (SSSR count). The standard InChI is InChI=1S/C23H21N9O6S2/c24-18(33)11-1-3-31(4-2-11)6-12-8-39-21-16(20(35)32(21)17(12)22(36)37)29-19(34)15(14-9-40-23(25)28-14)30-38-7-13-5-26-10-27-13/h1-5,9-10,16,21H,6-8H2,(H6-,24,25,26,27,28,29,33,34,36,37)/t16-,21+/m1/s1. The van der Waals surface area contributed by atoms with Gasteiger partial charge in [-0.2, -0.15) is 0 Å². The maximum atomic E-state index is 13.2. The van der Waals surface area contributed by atoms with Crippen LogP contribution >= 0.6 is 23.1 Å². The number of hydrogen-bond acceptors (Lipinski definition) is 12. The molecule has 0 bridgehead atoms. The Hall–Kier alpha value is -4.77. The summed E-state index contributed by atoms with van der Waals surface area (Å²) in [4.78, 5) is 66.9. The van der Waals surface area contributed by atoms with E-state index in [0.29, 0.717) is 16.8 Å². The van der Waals surface area contributed by atoms with E-state index in [0.717, 1.165) is 16.2 Å². The van der Waals surface area contributed by atoms with Crippen LogP contribution in [0.3, 0.4) is 0 Å². The summed E-state index contributed by atoms with van der Waals surface area (Å²) < 4.78 is 1.65. The lowest BCUT2D eigenvalue weighted by Crippen LogP contribution is -2.71. The van der Waals surface area contributed by atoms with E-state index in [1.54, 1.807) is 23.2 Å². The Morgan fingerprint density at radius 1 is 1.32 bits per heavy atom. The van der Waals surface area contributed by atoms with Crippen molar-refractivity contribution in [2.24, 2.45) is 10.9 Å². The number of aromatic amines is 1. The molecule has 0 unspecified atom stereocenters. The summed E-state index contributed by atoms with van der Waals surface area (Å²) in [6.07, 6.45) is 6.23. The third kappa shape index (κ3) is 5.36. The van der Waals surface area contributed by atoms with E-state index >= 15 is 0 Å². The number of thiazole rings is 1. The molecule has 3 aromatic rings. The Kier molecular flexibility index (Phi) is 7.47. The van der Waals surface area contributed by atoms with Gasteiger partial charge in [-0.05, 0) is 0 Å². The summed E-state index contributed by atoms with van der Waals surface area (Å²) in [5.41, 5.74) is 11.9. The molecule has 0 spiro atoms. The molecule has 1 saturated heterocycles. The first-order valence-electron chi connectivity index (χ1n) is 11.6. The van der Waals surface area contributed by atoms with Crippen LogP contribution in [0, 0.1) is 0 Å². The second-order valence-corrected chi connectivity index (χ2v) is 10.6. The number of nitrogens with two attached hydrogens (primary N) is 2. The number of nitrogens with zero attached hydrogens (tertiary/aromatic N) is 5. The Morgan fingerprint density at radius 2 is 2.10 bits per heavy atom. The minimum atomic E-state index is -1.51. The molecule has 40 heavy (non-hydrogen) atoms. The fourth-order valence-corrected chi connectivity index (χ4v) is 5.97. The van der Waals surface area contributed by atoms with Crippen LogP contribution in [-0.4, -0.2) is 66.4 Å². The number of amides is 3. The van der Waals surface area contributed by atoms with Crippen LogP contribution in [0.2, 0.25) is 0 Å². The van der Waals surface area contributed by atoms with Gasteiger partial charge >= 0.3 is 0 Å². The molecule has 2 aliphatic rings. The normalized spacial score (nSPS) is 18.6. The number of H-pyrrole nitrogens is 1. The molecule has 17 heteroatoms. The molecule has 0 radical (unpaired) electrons. The van der Waals surface area contributed by atoms with Crippen LogP contribution in [0.1, 0.15) is 21.7 Å². The predicted octanol–water partition coefficient (Wildman–Crippen LogP) is -2.14. The van der Waals surface area contributed by atoms with Gasteiger partial charge in [-0.15, -0.1) is 23.1 Å². The van der Waals surface area contributed by atoms with E-state index in [1.165, 1.54) is 35.6 Å². The molecule has 206 valence electrons. The number of oxime groups is 1. The van der Waals surface area contributed by atoms with Crippen molar-refractivity contribution in [2.75, 3.05) is 11.5 Å². The summed E-state index contributed by atoms with van der Waals surface area (Å²) in [6.45, 7) is 0.110. The molecular formula is C23H21N9O6S2. The Balaban J connectivity index is 1.32. The molecule has 15 nitrogen and oxygen atoms in total. The van der Waals surface area contributed by atoms with Crippen LogP contribution in [0.4, 0.5) is 5.13 Å². The van der Waals surface area contributed by atoms with Crippen LogP contribution < -0.4 is 26.5 Å². The minimum absolute atomic E-state index is 0.0275. The molecule has 2 aliphatic heterocycles.